The molecule has 0 amide bonds. The predicted molar refractivity (Wildman–Crippen MR) is 62.5 cm³/mol. The molecule has 0 N–H and O–H groups in total. The molecule has 0 aromatic rings. The highest BCUT2D eigenvalue weighted by atomic mass is 31.1. The molecule has 12 heavy (non-hydrogen) atoms. The van der Waals surface area contributed by atoms with Crippen molar-refractivity contribution >= 4 is 17.2 Å². The molecule has 0 aromatic heterocycles. The predicted octanol–water partition coefficient (Wildman–Crippen LogP) is 2.91. The summed E-state index contributed by atoms with van der Waals surface area (Å²) in [6.45, 7) is 13.5. The summed E-state index contributed by atoms with van der Waals surface area (Å²) in [4.78, 5) is 0. The quantitative estimate of drug-likeness (QED) is 0.496. The van der Waals surface area contributed by atoms with Crippen molar-refractivity contribution in [1.29, 1.82) is 0 Å². The zero-order valence-electron chi connectivity index (χ0n) is 8.50. The molecule has 72 valence electrons. The van der Waals surface area contributed by atoms with E-state index in [1.807, 2.05) is 0 Å². The molecule has 3 unspecified atom stereocenters. The number of allylic oxidation sites excluding steroid dienone is 1. The summed E-state index contributed by atoms with van der Waals surface area (Å²) in [5, 5.41) is 0. The standard InChI is InChI=1S/C9H20OP2/c1-7(11)6-10-8(2)9(3)12(4)5/h7,9H,2,6,11H2,1,3-5H3. The van der Waals surface area contributed by atoms with E-state index in [1.165, 1.54) is 0 Å². The first-order valence-electron chi connectivity index (χ1n) is 4.18. The second-order valence-corrected chi connectivity index (χ2v) is 7.23. The summed E-state index contributed by atoms with van der Waals surface area (Å²) >= 11 is 0. The summed E-state index contributed by atoms with van der Waals surface area (Å²) in [6, 6.07) is 0. The van der Waals surface area contributed by atoms with Gasteiger partial charge in [-0.3, -0.25) is 0 Å². The molecule has 1 nitrogen and oxygen atoms in total. The highest BCUT2D eigenvalue weighted by molar-refractivity contribution is 7.57. The molecule has 3 atom stereocenters. The van der Waals surface area contributed by atoms with E-state index in [9.17, 15) is 0 Å². The first kappa shape index (κ1) is 12.4. The van der Waals surface area contributed by atoms with Crippen molar-refractivity contribution in [3.63, 3.8) is 0 Å². The molecule has 0 saturated carbocycles. The Hall–Kier alpha value is 0.400. The number of hydrogen-bond donors (Lipinski definition) is 0. The van der Waals surface area contributed by atoms with Crippen LogP contribution in [0.3, 0.4) is 0 Å². The first-order valence-corrected chi connectivity index (χ1v) is 7.16. The molecular weight excluding hydrogens is 186 g/mol. The Balaban J connectivity index is 3.72. The molecular formula is C9H20OP2. The third-order valence-corrected chi connectivity index (χ3v) is 3.80. The minimum absolute atomic E-state index is 0.0367. The van der Waals surface area contributed by atoms with Crippen LogP contribution in [0, 0.1) is 0 Å². The second-order valence-electron chi connectivity index (χ2n) is 3.39. The highest BCUT2D eigenvalue weighted by Gasteiger charge is 2.11. The largest absolute Gasteiger partial charge is 0.497 e. The molecule has 0 heterocycles. The number of rotatable bonds is 5. The molecule has 0 radical (unpaired) electrons. The monoisotopic (exact) mass is 206 g/mol. The Morgan fingerprint density at radius 2 is 2.00 bits per heavy atom. The van der Waals surface area contributed by atoms with Gasteiger partial charge >= 0.3 is 0 Å². The smallest absolute Gasteiger partial charge is 0.0959 e. The van der Waals surface area contributed by atoms with Crippen LogP contribution in [-0.4, -0.2) is 31.3 Å². The van der Waals surface area contributed by atoms with Gasteiger partial charge in [-0.05, 0) is 13.3 Å². The SMILES string of the molecule is C=C(OCC(C)P)C(C)P(C)C. The van der Waals surface area contributed by atoms with E-state index in [1.54, 1.807) is 0 Å². The lowest BCUT2D eigenvalue weighted by Gasteiger charge is -2.20. The van der Waals surface area contributed by atoms with E-state index in [0.29, 0.717) is 11.3 Å². The fraction of sp³-hybridized carbons (Fsp3) is 0.778. The Bertz CT molecular complexity index is 143. The van der Waals surface area contributed by atoms with Crippen molar-refractivity contribution in [3.05, 3.63) is 12.3 Å². The lowest BCUT2D eigenvalue weighted by atomic mass is 10.4. The van der Waals surface area contributed by atoms with Crippen LogP contribution < -0.4 is 0 Å². The first-order chi connectivity index (χ1) is 5.45. The van der Waals surface area contributed by atoms with Crippen molar-refractivity contribution in [3.8, 4) is 0 Å². The van der Waals surface area contributed by atoms with Crippen LogP contribution >= 0.6 is 17.2 Å². The average Bonchev–Trinajstić information content (AvgIpc) is 1.98. The van der Waals surface area contributed by atoms with Crippen molar-refractivity contribution in [2.45, 2.75) is 25.2 Å². The van der Waals surface area contributed by atoms with Gasteiger partial charge in [-0.25, -0.2) is 0 Å². The van der Waals surface area contributed by atoms with Gasteiger partial charge in [0.1, 0.15) is 0 Å². The molecule has 0 aliphatic rings. The van der Waals surface area contributed by atoms with Gasteiger partial charge in [-0.2, -0.15) is 0 Å². The molecule has 0 aromatic carbocycles. The molecule has 0 bridgehead atoms. The van der Waals surface area contributed by atoms with E-state index in [-0.39, 0.29) is 7.92 Å². The van der Waals surface area contributed by atoms with Crippen LogP contribution in [0.1, 0.15) is 13.8 Å². The van der Waals surface area contributed by atoms with Gasteiger partial charge in [0.2, 0.25) is 0 Å². The summed E-state index contributed by atoms with van der Waals surface area (Å²) in [6.07, 6.45) is 0. The van der Waals surface area contributed by atoms with Crippen LogP contribution in [0.25, 0.3) is 0 Å². The van der Waals surface area contributed by atoms with Crippen molar-refractivity contribution in [2.24, 2.45) is 0 Å². The molecule has 0 aliphatic heterocycles. The van der Waals surface area contributed by atoms with Crippen LogP contribution in [0.4, 0.5) is 0 Å². The Labute approximate surface area is 79.9 Å². The zero-order valence-corrected chi connectivity index (χ0v) is 10.6. The van der Waals surface area contributed by atoms with Gasteiger partial charge in [-0.15, -0.1) is 17.2 Å². The minimum atomic E-state index is 0.0367. The average molecular weight is 206 g/mol. The van der Waals surface area contributed by atoms with Gasteiger partial charge in [0.05, 0.1) is 12.4 Å². The number of ether oxygens (including phenoxy) is 1. The fourth-order valence-corrected chi connectivity index (χ4v) is 1.39. The third-order valence-electron chi connectivity index (χ3n) is 1.77. The van der Waals surface area contributed by atoms with Crippen molar-refractivity contribution in [1.82, 2.24) is 0 Å². The van der Waals surface area contributed by atoms with Gasteiger partial charge in [0.25, 0.3) is 0 Å². The molecule has 0 aliphatic carbocycles. The highest BCUT2D eigenvalue weighted by Crippen LogP contribution is 2.36. The zero-order chi connectivity index (χ0) is 9.72. The number of hydrogen-bond acceptors (Lipinski definition) is 1. The topological polar surface area (TPSA) is 9.23 Å². The Morgan fingerprint density at radius 1 is 1.50 bits per heavy atom. The maximum absolute atomic E-state index is 5.53. The normalized spacial score (nSPS) is 15.8. The van der Waals surface area contributed by atoms with Gasteiger partial charge in [0, 0.05) is 11.3 Å². The van der Waals surface area contributed by atoms with Crippen LogP contribution in [0.2, 0.25) is 0 Å². The summed E-state index contributed by atoms with van der Waals surface area (Å²) in [5.41, 5.74) is 1.03. The summed E-state index contributed by atoms with van der Waals surface area (Å²) < 4.78 is 5.53. The second kappa shape index (κ2) is 5.95. The van der Waals surface area contributed by atoms with Gasteiger partial charge in [0.15, 0.2) is 0 Å². The lowest BCUT2D eigenvalue weighted by Crippen LogP contribution is -2.10. The van der Waals surface area contributed by atoms with E-state index < -0.39 is 0 Å². The van der Waals surface area contributed by atoms with E-state index in [2.05, 4.69) is 43.0 Å². The molecule has 3 heteroatoms. The van der Waals surface area contributed by atoms with Crippen LogP contribution in [0.5, 0.6) is 0 Å². The van der Waals surface area contributed by atoms with E-state index in [0.717, 1.165) is 12.4 Å². The van der Waals surface area contributed by atoms with Crippen molar-refractivity contribution < 1.29 is 4.74 Å². The maximum Gasteiger partial charge on any atom is 0.0959 e. The summed E-state index contributed by atoms with van der Waals surface area (Å²) in [7, 11) is 2.76. The minimum Gasteiger partial charge on any atom is -0.497 e. The summed E-state index contributed by atoms with van der Waals surface area (Å²) in [5.74, 6) is 0.945. The fourth-order valence-electron chi connectivity index (χ4n) is 0.647. The Kier molecular flexibility index (Phi) is 6.14. The van der Waals surface area contributed by atoms with Crippen LogP contribution in [0.15, 0.2) is 12.3 Å². The van der Waals surface area contributed by atoms with E-state index in [4.69, 9.17) is 4.74 Å². The van der Waals surface area contributed by atoms with Gasteiger partial charge < -0.3 is 4.74 Å². The lowest BCUT2D eigenvalue weighted by molar-refractivity contribution is 0.211. The molecule has 0 fully saturated rings. The maximum atomic E-state index is 5.53. The van der Waals surface area contributed by atoms with Crippen molar-refractivity contribution in [2.75, 3.05) is 19.9 Å². The molecule has 0 spiro atoms. The Morgan fingerprint density at radius 3 is 2.33 bits per heavy atom. The van der Waals surface area contributed by atoms with Gasteiger partial charge in [-0.1, -0.05) is 20.4 Å². The van der Waals surface area contributed by atoms with E-state index >= 15 is 0 Å². The molecule has 0 rings (SSSR count). The molecule has 0 saturated heterocycles. The van der Waals surface area contributed by atoms with Crippen LogP contribution in [-0.2, 0) is 4.74 Å². The third kappa shape index (κ3) is 5.12.